The SMILES string of the molecule is CCOc1cc(CNC2CCCC2)c(Br)cc1OCc1cccc(Cl)c1. The second kappa shape index (κ2) is 9.63. The van der Waals surface area contributed by atoms with Crippen molar-refractivity contribution in [2.45, 2.75) is 51.8 Å². The van der Waals surface area contributed by atoms with Crippen LogP contribution in [0.2, 0.25) is 5.02 Å². The highest BCUT2D eigenvalue weighted by Gasteiger charge is 2.16. The Labute approximate surface area is 169 Å². The summed E-state index contributed by atoms with van der Waals surface area (Å²) in [4.78, 5) is 0. The average molecular weight is 439 g/mol. The molecular weight excluding hydrogens is 414 g/mol. The van der Waals surface area contributed by atoms with Gasteiger partial charge in [-0.1, -0.05) is 52.5 Å². The number of nitrogens with one attached hydrogen (secondary N) is 1. The maximum Gasteiger partial charge on any atom is 0.162 e. The van der Waals surface area contributed by atoms with Gasteiger partial charge in [-0.25, -0.2) is 0 Å². The molecule has 1 aliphatic rings. The van der Waals surface area contributed by atoms with E-state index in [-0.39, 0.29) is 0 Å². The van der Waals surface area contributed by atoms with Gasteiger partial charge in [0.15, 0.2) is 11.5 Å². The summed E-state index contributed by atoms with van der Waals surface area (Å²) in [6.45, 7) is 3.87. The van der Waals surface area contributed by atoms with E-state index in [0.29, 0.717) is 24.3 Å². The van der Waals surface area contributed by atoms with E-state index in [2.05, 4.69) is 27.3 Å². The molecule has 3 nitrogen and oxygen atoms in total. The van der Waals surface area contributed by atoms with Crippen molar-refractivity contribution in [2.24, 2.45) is 0 Å². The summed E-state index contributed by atoms with van der Waals surface area (Å²) < 4.78 is 12.9. The van der Waals surface area contributed by atoms with E-state index in [0.717, 1.165) is 28.1 Å². The van der Waals surface area contributed by atoms with Crippen molar-refractivity contribution in [3.05, 3.63) is 57.0 Å². The normalized spacial score (nSPS) is 14.6. The molecule has 1 saturated carbocycles. The molecule has 0 bridgehead atoms. The van der Waals surface area contributed by atoms with Crippen molar-refractivity contribution in [3.8, 4) is 11.5 Å². The fourth-order valence-electron chi connectivity index (χ4n) is 3.27. The Kier molecular flexibility index (Phi) is 7.23. The maximum atomic E-state index is 6.05. The highest BCUT2D eigenvalue weighted by molar-refractivity contribution is 9.10. The van der Waals surface area contributed by atoms with E-state index in [1.807, 2.05) is 37.3 Å². The van der Waals surface area contributed by atoms with Gasteiger partial charge in [-0.05, 0) is 55.2 Å². The van der Waals surface area contributed by atoms with Crippen molar-refractivity contribution in [1.29, 1.82) is 0 Å². The van der Waals surface area contributed by atoms with Gasteiger partial charge in [0.05, 0.1) is 6.61 Å². The monoisotopic (exact) mass is 437 g/mol. The number of ether oxygens (including phenoxy) is 2. The van der Waals surface area contributed by atoms with Gasteiger partial charge < -0.3 is 14.8 Å². The summed E-state index contributed by atoms with van der Waals surface area (Å²) in [5.74, 6) is 1.52. The standard InChI is InChI=1S/C21H25BrClNO2/c1-2-25-20-11-16(13-24-18-8-3-4-9-18)19(22)12-21(20)26-14-15-6-5-7-17(23)10-15/h5-7,10-12,18,24H,2-4,8-9,13-14H2,1H3. The smallest absolute Gasteiger partial charge is 0.162 e. The van der Waals surface area contributed by atoms with Crippen LogP contribution in [0.25, 0.3) is 0 Å². The Morgan fingerprint density at radius 3 is 2.62 bits per heavy atom. The molecule has 1 aliphatic carbocycles. The molecule has 2 aromatic carbocycles. The van der Waals surface area contributed by atoms with Gasteiger partial charge in [-0.3, -0.25) is 0 Å². The second-order valence-electron chi connectivity index (χ2n) is 6.60. The predicted molar refractivity (Wildman–Crippen MR) is 110 cm³/mol. The lowest BCUT2D eigenvalue weighted by molar-refractivity contribution is 0.269. The van der Waals surface area contributed by atoms with E-state index in [9.17, 15) is 0 Å². The molecule has 0 amide bonds. The number of hydrogen-bond acceptors (Lipinski definition) is 3. The number of halogens is 2. The summed E-state index contributed by atoms with van der Waals surface area (Å²) >= 11 is 9.73. The van der Waals surface area contributed by atoms with Crippen LogP contribution in [0.15, 0.2) is 40.9 Å². The molecule has 3 rings (SSSR count). The van der Waals surface area contributed by atoms with Gasteiger partial charge in [0, 0.05) is 22.1 Å². The third kappa shape index (κ3) is 5.38. The minimum atomic E-state index is 0.451. The van der Waals surface area contributed by atoms with Gasteiger partial charge in [0.25, 0.3) is 0 Å². The first-order valence-electron chi connectivity index (χ1n) is 9.21. The largest absolute Gasteiger partial charge is 0.490 e. The lowest BCUT2D eigenvalue weighted by Gasteiger charge is -2.17. The summed E-state index contributed by atoms with van der Waals surface area (Å²) in [6, 6.07) is 12.4. The second-order valence-corrected chi connectivity index (χ2v) is 7.90. The molecule has 0 aromatic heterocycles. The molecule has 0 saturated heterocycles. The first kappa shape index (κ1) is 19.5. The quantitative estimate of drug-likeness (QED) is 0.539. The topological polar surface area (TPSA) is 30.5 Å². The van der Waals surface area contributed by atoms with Crippen LogP contribution in [0, 0.1) is 0 Å². The van der Waals surface area contributed by atoms with Gasteiger partial charge >= 0.3 is 0 Å². The molecule has 26 heavy (non-hydrogen) atoms. The van der Waals surface area contributed by atoms with Crippen molar-refractivity contribution >= 4 is 27.5 Å². The molecule has 0 aliphatic heterocycles. The van der Waals surface area contributed by atoms with Crippen LogP contribution < -0.4 is 14.8 Å². The van der Waals surface area contributed by atoms with Gasteiger partial charge in [0.2, 0.25) is 0 Å². The Hall–Kier alpha value is -1.23. The van der Waals surface area contributed by atoms with Crippen LogP contribution in [-0.4, -0.2) is 12.6 Å². The Morgan fingerprint density at radius 1 is 1.12 bits per heavy atom. The minimum absolute atomic E-state index is 0.451. The fourth-order valence-corrected chi connectivity index (χ4v) is 3.94. The Balaban J connectivity index is 1.70. The van der Waals surface area contributed by atoms with Crippen LogP contribution in [0.1, 0.15) is 43.7 Å². The van der Waals surface area contributed by atoms with E-state index < -0.39 is 0 Å². The lowest BCUT2D eigenvalue weighted by atomic mass is 10.1. The van der Waals surface area contributed by atoms with Crippen LogP contribution in [0.3, 0.4) is 0 Å². The molecule has 0 spiro atoms. The fraction of sp³-hybridized carbons (Fsp3) is 0.429. The molecule has 1 fully saturated rings. The Morgan fingerprint density at radius 2 is 1.88 bits per heavy atom. The lowest BCUT2D eigenvalue weighted by Crippen LogP contribution is -2.25. The summed E-state index contributed by atoms with van der Waals surface area (Å²) in [7, 11) is 0. The molecule has 0 unspecified atom stereocenters. The average Bonchev–Trinajstić information content (AvgIpc) is 3.14. The number of rotatable bonds is 8. The van der Waals surface area contributed by atoms with Crippen molar-refractivity contribution in [2.75, 3.05) is 6.61 Å². The molecule has 0 radical (unpaired) electrons. The zero-order valence-electron chi connectivity index (χ0n) is 15.1. The van der Waals surface area contributed by atoms with Crippen LogP contribution >= 0.6 is 27.5 Å². The molecule has 140 valence electrons. The summed E-state index contributed by atoms with van der Waals surface area (Å²) in [6.07, 6.45) is 5.21. The molecule has 5 heteroatoms. The Bertz CT molecular complexity index is 732. The third-order valence-corrected chi connectivity index (χ3v) is 5.61. The molecule has 1 N–H and O–H groups in total. The highest BCUT2D eigenvalue weighted by atomic mass is 79.9. The first-order chi connectivity index (χ1) is 12.7. The van der Waals surface area contributed by atoms with Crippen molar-refractivity contribution < 1.29 is 9.47 Å². The molecular formula is C21H25BrClNO2. The van der Waals surface area contributed by atoms with Gasteiger partial charge in [0.1, 0.15) is 6.61 Å². The van der Waals surface area contributed by atoms with Gasteiger partial charge in [-0.15, -0.1) is 0 Å². The van der Waals surface area contributed by atoms with Crippen LogP contribution in [0.5, 0.6) is 11.5 Å². The zero-order chi connectivity index (χ0) is 18.4. The van der Waals surface area contributed by atoms with E-state index in [4.69, 9.17) is 21.1 Å². The summed E-state index contributed by atoms with van der Waals surface area (Å²) in [5.41, 5.74) is 2.22. The van der Waals surface area contributed by atoms with Crippen LogP contribution in [0.4, 0.5) is 0 Å². The van der Waals surface area contributed by atoms with E-state index in [1.54, 1.807) is 0 Å². The van der Waals surface area contributed by atoms with Crippen molar-refractivity contribution in [3.63, 3.8) is 0 Å². The molecule has 2 aromatic rings. The highest BCUT2D eigenvalue weighted by Crippen LogP contribution is 2.35. The van der Waals surface area contributed by atoms with Crippen LogP contribution in [-0.2, 0) is 13.2 Å². The third-order valence-electron chi connectivity index (χ3n) is 4.63. The number of benzene rings is 2. The number of hydrogen-bond donors (Lipinski definition) is 1. The van der Waals surface area contributed by atoms with Gasteiger partial charge in [-0.2, -0.15) is 0 Å². The van der Waals surface area contributed by atoms with E-state index in [1.165, 1.54) is 31.2 Å². The summed E-state index contributed by atoms with van der Waals surface area (Å²) in [5, 5.41) is 4.36. The predicted octanol–water partition coefficient (Wildman–Crippen LogP) is 6.11. The minimum Gasteiger partial charge on any atom is -0.490 e. The first-order valence-corrected chi connectivity index (χ1v) is 10.4. The zero-order valence-corrected chi connectivity index (χ0v) is 17.4. The van der Waals surface area contributed by atoms with E-state index >= 15 is 0 Å². The maximum absolute atomic E-state index is 6.05. The van der Waals surface area contributed by atoms with Crippen molar-refractivity contribution in [1.82, 2.24) is 5.32 Å². The molecule has 0 atom stereocenters. The molecule has 0 heterocycles.